The van der Waals surface area contributed by atoms with E-state index in [4.69, 9.17) is 21.9 Å². The lowest BCUT2D eigenvalue weighted by Crippen LogP contribution is -2.99. The Hall–Kier alpha value is -2.27. The van der Waals surface area contributed by atoms with Gasteiger partial charge in [-0.15, -0.1) is 12.4 Å². The van der Waals surface area contributed by atoms with E-state index >= 15 is 0 Å². The molecule has 0 aliphatic carbocycles. The van der Waals surface area contributed by atoms with E-state index in [1.807, 2.05) is 42.9 Å². The second kappa shape index (κ2) is 8.23. The Bertz CT molecular complexity index is 1130. The molecule has 1 atom stereocenters. The first-order valence-electron chi connectivity index (χ1n) is 8.81. The van der Waals surface area contributed by atoms with Crippen molar-refractivity contribution < 1.29 is 15.2 Å². The molecule has 0 amide bonds. The summed E-state index contributed by atoms with van der Waals surface area (Å²) < 4.78 is 7.78. The fraction of sp³-hybridized carbons (Fsp3) is 0.263. The van der Waals surface area contributed by atoms with E-state index in [2.05, 4.69) is 10.2 Å². The summed E-state index contributed by atoms with van der Waals surface area (Å²) in [6, 6.07) is 9.00. The molecule has 29 heavy (non-hydrogen) atoms. The molecule has 8 nitrogen and oxygen atoms in total. The molecule has 0 bridgehead atoms. The zero-order valence-corrected chi connectivity index (χ0v) is 17.9. The summed E-state index contributed by atoms with van der Waals surface area (Å²) in [5.74, 6) is 0.698. The minimum absolute atomic E-state index is 0. The number of benzene rings is 2. The molecule has 4 rings (SSSR count). The van der Waals surface area contributed by atoms with Crippen molar-refractivity contribution in [3.8, 4) is 17.0 Å². The number of halogens is 1. The van der Waals surface area contributed by atoms with Crippen LogP contribution in [0.25, 0.3) is 22.2 Å². The molecule has 1 aliphatic heterocycles. The van der Waals surface area contributed by atoms with Crippen LogP contribution >= 0.6 is 24.6 Å². The van der Waals surface area contributed by atoms with E-state index < -0.39 is 5.23 Å². The van der Waals surface area contributed by atoms with E-state index in [1.165, 1.54) is 0 Å². The van der Waals surface area contributed by atoms with Crippen LogP contribution in [0.4, 0.5) is 17.1 Å². The van der Waals surface area contributed by atoms with Gasteiger partial charge >= 0.3 is 0 Å². The number of fused-ring (bicyclic) bond motifs is 2. The number of hydrogen-bond donors (Lipinski definition) is 3. The standard InChI is InChI=1S/C19H21N5O3S.ClH/c1-22(2)8-9-23-14-6-7-15(24(25)26)18-16(14)17(21-19(23)28)12-10-11(27-3)4-5-13(12)20-18;/h4-7,10,20,24-25H,8-9H2,1-3H3;1H. The van der Waals surface area contributed by atoms with E-state index in [-0.39, 0.29) is 18.1 Å². The number of methoxy groups -OCH3 is 1. The van der Waals surface area contributed by atoms with Crippen LogP contribution in [0.15, 0.2) is 30.3 Å². The van der Waals surface area contributed by atoms with Crippen molar-refractivity contribution in [1.82, 2.24) is 14.5 Å². The van der Waals surface area contributed by atoms with Gasteiger partial charge in [0.25, 0.3) is 0 Å². The number of hydrogen-bond acceptors (Lipinski definition) is 7. The molecular weight excluding hydrogens is 414 g/mol. The Morgan fingerprint density at radius 3 is 2.72 bits per heavy atom. The minimum Gasteiger partial charge on any atom is -0.595 e. The van der Waals surface area contributed by atoms with Gasteiger partial charge in [0.15, 0.2) is 5.69 Å². The van der Waals surface area contributed by atoms with Gasteiger partial charge in [-0.05, 0) is 50.6 Å². The third kappa shape index (κ3) is 3.68. The Morgan fingerprint density at radius 1 is 1.31 bits per heavy atom. The number of nitrogens with zero attached hydrogens (tertiary/aromatic N) is 3. The van der Waals surface area contributed by atoms with Crippen molar-refractivity contribution in [3.05, 3.63) is 40.3 Å². The highest BCUT2D eigenvalue weighted by Crippen LogP contribution is 2.46. The molecule has 3 N–H and O–H groups in total. The van der Waals surface area contributed by atoms with Gasteiger partial charge in [0.1, 0.15) is 11.4 Å². The zero-order valence-electron chi connectivity index (χ0n) is 16.2. The topological polar surface area (TPSA) is 90.0 Å². The predicted molar refractivity (Wildman–Crippen MR) is 117 cm³/mol. The van der Waals surface area contributed by atoms with Gasteiger partial charge in [0, 0.05) is 30.4 Å². The smallest absolute Gasteiger partial charge is 0.200 e. The van der Waals surface area contributed by atoms with Crippen molar-refractivity contribution in [2.24, 2.45) is 0 Å². The SMILES string of the molecule is COc1ccc2c(c1)-c1nc(=S)n(CCN(C)C)c3ccc([NH+]([O-])O)c(c13)N2.Cl. The Labute approximate surface area is 179 Å². The predicted octanol–water partition coefficient (Wildman–Crippen LogP) is 2.89. The maximum absolute atomic E-state index is 11.8. The van der Waals surface area contributed by atoms with Gasteiger partial charge in [-0.25, -0.2) is 10.2 Å². The van der Waals surface area contributed by atoms with Crippen molar-refractivity contribution in [3.63, 3.8) is 0 Å². The quantitative estimate of drug-likeness (QED) is 0.328. The number of likely N-dealkylation sites (N-methyl/N-ethyl adjacent to an activating group) is 1. The van der Waals surface area contributed by atoms with E-state index in [0.29, 0.717) is 28.4 Å². The van der Waals surface area contributed by atoms with Gasteiger partial charge in [-0.3, -0.25) is 0 Å². The number of nitrogens with one attached hydrogen (secondary N) is 2. The molecule has 1 aromatic heterocycles. The summed E-state index contributed by atoms with van der Waals surface area (Å²) in [4.78, 5) is 6.77. The number of rotatable bonds is 5. The van der Waals surface area contributed by atoms with E-state index in [1.54, 1.807) is 13.2 Å². The summed E-state index contributed by atoms with van der Waals surface area (Å²) >= 11 is 5.59. The van der Waals surface area contributed by atoms with Crippen LogP contribution in [0.5, 0.6) is 5.75 Å². The van der Waals surface area contributed by atoms with Gasteiger partial charge in [-0.2, -0.15) is 5.23 Å². The highest BCUT2D eigenvalue weighted by Gasteiger charge is 2.26. The van der Waals surface area contributed by atoms with Crippen LogP contribution in [0, 0.1) is 9.98 Å². The highest BCUT2D eigenvalue weighted by atomic mass is 35.5. The maximum Gasteiger partial charge on any atom is 0.200 e. The highest BCUT2D eigenvalue weighted by molar-refractivity contribution is 7.71. The first kappa shape index (κ1) is 21.4. The number of anilines is 2. The third-order valence-corrected chi connectivity index (χ3v) is 5.20. The molecule has 0 radical (unpaired) electrons. The lowest BCUT2D eigenvalue weighted by atomic mass is 9.97. The van der Waals surface area contributed by atoms with Crippen LogP contribution < -0.4 is 15.3 Å². The molecular formula is C19H22ClN5O3S. The van der Waals surface area contributed by atoms with Crippen LogP contribution in [0.1, 0.15) is 0 Å². The fourth-order valence-electron chi connectivity index (χ4n) is 3.48. The van der Waals surface area contributed by atoms with Crippen LogP contribution in [-0.2, 0) is 6.54 Å². The van der Waals surface area contributed by atoms with Crippen molar-refractivity contribution >= 4 is 52.6 Å². The average molecular weight is 436 g/mol. The summed E-state index contributed by atoms with van der Waals surface area (Å²) in [6.07, 6.45) is 0. The molecule has 154 valence electrons. The lowest BCUT2D eigenvalue weighted by molar-refractivity contribution is -0.990. The number of ether oxygens (including phenoxy) is 1. The van der Waals surface area contributed by atoms with E-state index in [0.717, 1.165) is 28.7 Å². The van der Waals surface area contributed by atoms with Crippen molar-refractivity contribution in [1.29, 1.82) is 0 Å². The van der Waals surface area contributed by atoms with Crippen LogP contribution in [0.3, 0.4) is 0 Å². The molecule has 0 fully saturated rings. The van der Waals surface area contributed by atoms with Gasteiger partial charge in [0.05, 0.1) is 23.7 Å². The first-order chi connectivity index (χ1) is 13.4. The monoisotopic (exact) mass is 435 g/mol. The van der Waals surface area contributed by atoms with Crippen molar-refractivity contribution in [2.75, 3.05) is 33.1 Å². The molecule has 0 saturated heterocycles. The molecule has 3 aromatic rings. The van der Waals surface area contributed by atoms with E-state index in [9.17, 15) is 10.4 Å². The lowest BCUT2D eigenvalue weighted by Gasteiger charge is -2.26. The van der Waals surface area contributed by atoms with Crippen molar-refractivity contribution in [2.45, 2.75) is 6.54 Å². The third-order valence-electron chi connectivity index (χ3n) is 4.89. The summed E-state index contributed by atoms with van der Waals surface area (Å²) in [7, 11) is 5.60. The summed E-state index contributed by atoms with van der Waals surface area (Å²) in [5, 5.41) is 24.6. The van der Waals surface area contributed by atoms with Gasteiger partial charge < -0.3 is 24.7 Å². The Kier molecular flexibility index (Phi) is 6.08. The average Bonchev–Trinajstić information content (AvgIpc) is 2.66. The van der Waals surface area contributed by atoms with Gasteiger partial charge in [0.2, 0.25) is 4.77 Å². The molecule has 1 unspecified atom stereocenters. The second-order valence-electron chi connectivity index (χ2n) is 6.92. The largest absolute Gasteiger partial charge is 0.595 e. The summed E-state index contributed by atoms with van der Waals surface area (Å²) in [5.41, 5.74) is 3.89. The molecule has 0 spiro atoms. The molecule has 0 saturated carbocycles. The number of quaternary nitrogens is 1. The summed E-state index contributed by atoms with van der Waals surface area (Å²) in [6.45, 7) is 1.45. The Morgan fingerprint density at radius 2 is 2.07 bits per heavy atom. The normalized spacial score (nSPS) is 12.9. The molecule has 2 aromatic carbocycles. The zero-order chi connectivity index (χ0) is 20.0. The molecule has 2 heterocycles. The molecule has 10 heteroatoms. The maximum atomic E-state index is 11.8. The van der Waals surface area contributed by atoms with Crippen LogP contribution in [-0.4, -0.2) is 47.4 Å². The fourth-order valence-corrected chi connectivity index (χ4v) is 3.76. The van der Waals surface area contributed by atoms with Crippen LogP contribution in [0.2, 0.25) is 0 Å². The number of aromatic nitrogens is 2. The first-order valence-corrected chi connectivity index (χ1v) is 9.22. The second-order valence-corrected chi connectivity index (χ2v) is 7.29. The molecule has 1 aliphatic rings. The Balaban J connectivity index is 0.00000240. The minimum atomic E-state index is -0.991. The van der Waals surface area contributed by atoms with Gasteiger partial charge in [-0.1, -0.05) is 0 Å².